The molecule has 0 aliphatic rings. The highest BCUT2D eigenvalue weighted by atomic mass is 16.6. The number of nitro groups is 1. The standard InChI is InChI=1S/C17H14N4O5/c1-25-16-8-12(10-22)7-15(21(23)24)17(16)26-11-13-9-20(19-18-13)14-5-3-2-4-6-14/h2-10H,11H2,1H3. The fourth-order valence-electron chi connectivity index (χ4n) is 2.33. The molecule has 1 heterocycles. The molecule has 2 aromatic carbocycles. The lowest BCUT2D eigenvalue weighted by Gasteiger charge is -2.10. The van der Waals surface area contributed by atoms with E-state index in [9.17, 15) is 14.9 Å². The van der Waals surface area contributed by atoms with E-state index in [1.165, 1.54) is 13.2 Å². The number of carbonyl (C=O) groups excluding carboxylic acids is 1. The van der Waals surface area contributed by atoms with Gasteiger partial charge in [-0.2, -0.15) is 0 Å². The van der Waals surface area contributed by atoms with Crippen molar-refractivity contribution in [3.8, 4) is 17.2 Å². The molecule has 0 bridgehead atoms. The van der Waals surface area contributed by atoms with Gasteiger partial charge in [0.25, 0.3) is 0 Å². The third-order valence-electron chi connectivity index (χ3n) is 3.54. The quantitative estimate of drug-likeness (QED) is 0.364. The molecule has 0 spiro atoms. The molecule has 9 nitrogen and oxygen atoms in total. The summed E-state index contributed by atoms with van der Waals surface area (Å²) in [5, 5.41) is 19.3. The number of rotatable bonds is 7. The van der Waals surface area contributed by atoms with Gasteiger partial charge in [0, 0.05) is 11.6 Å². The van der Waals surface area contributed by atoms with Gasteiger partial charge in [-0.15, -0.1) is 5.10 Å². The van der Waals surface area contributed by atoms with Gasteiger partial charge in [-0.25, -0.2) is 4.68 Å². The molecule has 3 aromatic rings. The van der Waals surface area contributed by atoms with Gasteiger partial charge >= 0.3 is 5.69 Å². The van der Waals surface area contributed by atoms with E-state index in [-0.39, 0.29) is 29.4 Å². The van der Waals surface area contributed by atoms with Crippen molar-refractivity contribution in [2.75, 3.05) is 7.11 Å². The fourth-order valence-corrected chi connectivity index (χ4v) is 2.33. The summed E-state index contributed by atoms with van der Waals surface area (Å²) in [5.74, 6) is 0.0223. The van der Waals surface area contributed by atoms with Crippen LogP contribution in [-0.4, -0.2) is 33.3 Å². The lowest BCUT2D eigenvalue weighted by molar-refractivity contribution is -0.386. The number of nitrogens with zero attached hydrogens (tertiary/aromatic N) is 4. The van der Waals surface area contributed by atoms with Gasteiger partial charge in [-0.3, -0.25) is 14.9 Å². The Morgan fingerprint density at radius 3 is 2.69 bits per heavy atom. The molecule has 0 fully saturated rings. The Labute approximate surface area is 147 Å². The monoisotopic (exact) mass is 354 g/mol. The Morgan fingerprint density at radius 2 is 2.04 bits per heavy atom. The molecule has 0 aliphatic carbocycles. The van der Waals surface area contributed by atoms with Crippen LogP contribution in [0.2, 0.25) is 0 Å². The third kappa shape index (κ3) is 3.51. The highest BCUT2D eigenvalue weighted by molar-refractivity contribution is 5.79. The lowest BCUT2D eigenvalue weighted by atomic mass is 10.2. The number of aldehydes is 1. The molecular formula is C17H14N4O5. The van der Waals surface area contributed by atoms with Gasteiger partial charge in [0.15, 0.2) is 5.75 Å². The van der Waals surface area contributed by atoms with Crippen LogP contribution in [0, 0.1) is 10.1 Å². The summed E-state index contributed by atoms with van der Waals surface area (Å²) in [6, 6.07) is 11.9. The first-order valence-electron chi connectivity index (χ1n) is 7.53. The average molecular weight is 354 g/mol. The van der Waals surface area contributed by atoms with Crippen LogP contribution in [0.5, 0.6) is 11.5 Å². The second kappa shape index (κ2) is 7.43. The van der Waals surface area contributed by atoms with Gasteiger partial charge in [-0.05, 0) is 18.2 Å². The van der Waals surface area contributed by atoms with Crippen LogP contribution in [0.4, 0.5) is 5.69 Å². The number of aromatic nitrogens is 3. The van der Waals surface area contributed by atoms with Crippen molar-refractivity contribution in [2.24, 2.45) is 0 Å². The van der Waals surface area contributed by atoms with Crippen LogP contribution in [0.1, 0.15) is 16.1 Å². The first-order chi connectivity index (χ1) is 12.6. The summed E-state index contributed by atoms with van der Waals surface area (Å²) in [4.78, 5) is 21.6. The highest BCUT2D eigenvalue weighted by Crippen LogP contribution is 2.38. The Bertz CT molecular complexity index is 940. The largest absolute Gasteiger partial charge is 0.493 e. The summed E-state index contributed by atoms with van der Waals surface area (Å²) in [7, 11) is 1.34. The number of hydrogen-bond donors (Lipinski definition) is 0. The van der Waals surface area contributed by atoms with Crippen LogP contribution in [-0.2, 0) is 6.61 Å². The molecule has 0 atom stereocenters. The van der Waals surface area contributed by atoms with Crippen LogP contribution >= 0.6 is 0 Å². The van der Waals surface area contributed by atoms with Gasteiger partial charge in [-0.1, -0.05) is 23.4 Å². The first kappa shape index (κ1) is 17.1. The highest BCUT2D eigenvalue weighted by Gasteiger charge is 2.22. The molecule has 0 radical (unpaired) electrons. The average Bonchev–Trinajstić information content (AvgIpc) is 3.15. The van der Waals surface area contributed by atoms with Crippen molar-refractivity contribution in [1.82, 2.24) is 15.0 Å². The van der Waals surface area contributed by atoms with Gasteiger partial charge in [0.1, 0.15) is 18.6 Å². The number of ether oxygens (including phenoxy) is 2. The summed E-state index contributed by atoms with van der Waals surface area (Å²) < 4.78 is 12.2. The topological polar surface area (TPSA) is 109 Å². The molecule has 26 heavy (non-hydrogen) atoms. The fraction of sp³-hybridized carbons (Fsp3) is 0.118. The van der Waals surface area contributed by atoms with E-state index >= 15 is 0 Å². The normalized spacial score (nSPS) is 10.3. The van der Waals surface area contributed by atoms with Gasteiger partial charge in [0.2, 0.25) is 5.75 Å². The zero-order valence-corrected chi connectivity index (χ0v) is 13.7. The van der Waals surface area contributed by atoms with Crippen LogP contribution in [0.3, 0.4) is 0 Å². The van der Waals surface area contributed by atoms with Crippen molar-refractivity contribution in [3.05, 3.63) is 70.0 Å². The Kier molecular flexibility index (Phi) is 4.88. The second-order valence-electron chi connectivity index (χ2n) is 5.23. The number of benzene rings is 2. The zero-order valence-electron chi connectivity index (χ0n) is 13.7. The van der Waals surface area contributed by atoms with Crippen molar-refractivity contribution in [3.63, 3.8) is 0 Å². The molecule has 0 N–H and O–H groups in total. The maximum atomic E-state index is 11.3. The lowest BCUT2D eigenvalue weighted by Crippen LogP contribution is -2.03. The number of hydrogen-bond acceptors (Lipinski definition) is 7. The van der Waals surface area contributed by atoms with Crippen molar-refractivity contribution in [1.29, 1.82) is 0 Å². The number of carbonyl (C=O) groups is 1. The van der Waals surface area contributed by atoms with Crippen molar-refractivity contribution in [2.45, 2.75) is 6.61 Å². The number of nitro benzene ring substituents is 1. The number of para-hydroxylation sites is 1. The molecule has 3 rings (SSSR count). The molecule has 0 saturated carbocycles. The minimum Gasteiger partial charge on any atom is -0.493 e. The van der Waals surface area contributed by atoms with E-state index in [4.69, 9.17) is 9.47 Å². The van der Waals surface area contributed by atoms with E-state index in [1.807, 2.05) is 30.3 Å². The number of methoxy groups -OCH3 is 1. The summed E-state index contributed by atoms with van der Waals surface area (Å²) >= 11 is 0. The Hall–Kier alpha value is -3.75. The molecule has 0 amide bonds. The Balaban J connectivity index is 1.85. The molecule has 0 saturated heterocycles. The Morgan fingerprint density at radius 1 is 1.27 bits per heavy atom. The zero-order chi connectivity index (χ0) is 18.5. The van der Waals surface area contributed by atoms with Crippen molar-refractivity contribution < 1.29 is 19.2 Å². The minimum atomic E-state index is -0.633. The van der Waals surface area contributed by atoms with Crippen LogP contribution in [0.25, 0.3) is 5.69 Å². The van der Waals surface area contributed by atoms with Gasteiger partial charge < -0.3 is 9.47 Å². The van der Waals surface area contributed by atoms with E-state index in [2.05, 4.69) is 10.3 Å². The maximum Gasteiger partial charge on any atom is 0.315 e. The predicted octanol–water partition coefficient (Wildman–Crippen LogP) is 2.58. The molecule has 0 aliphatic heterocycles. The molecule has 0 unspecified atom stereocenters. The molecule has 132 valence electrons. The van der Waals surface area contributed by atoms with E-state index < -0.39 is 4.92 Å². The summed E-state index contributed by atoms with van der Waals surface area (Å²) in [6.07, 6.45) is 2.16. The van der Waals surface area contributed by atoms with Crippen LogP contribution < -0.4 is 9.47 Å². The second-order valence-corrected chi connectivity index (χ2v) is 5.23. The maximum absolute atomic E-state index is 11.3. The summed E-state index contributed by atoms with van der Waals surface area (Å²) in [6.45, 7) is -0.0511. The summed E-state index contributed by atoms with van der Waals surface area (Å²) in [5.41, 5.74) is 1.06. The molecular weight excluding hydrogens is 340 g/mol. The van der Waals surface area contributed by atoms with E-state index in [0.717, 1.165) is 11.8 Å². The SMILES string of the molecule is COc1cc(C=O)cc([N+](=O)[O-])c1OCc1cn(-c2ccccc2)nn1. The van der Waals surface area contributed by atoms with E-state index in [1.54, 1.807) is 10.9 Å². The molecule has 9 heteroatoms. The first-order valence-corrected chi connectivity index (χ1v) is 7.53. The van der Waals surface area contributed by atoms with E-state index in [0.29, 0.717) is 12.0 Å². The third-order valence-corrected chi connectivity index (χ3v) is 3.54. The predicted molar refractivity (Wildman–Crippen MR) is 90.7 cm³/mol. The van der Waals surface area contributed by atoms with Gasteiger partial charge in [0.05, 0.1) is 23.9 Å². The smallest absolute Gasteiger partial charge is 0.315 e. The minimum absolute atomic E-state index is 0.0511. The van der Waals surface area contributed by atoms with Crippen LogP contribution in [0.15, 0.2) is 48.7 Å². The van der Waals surface area contributed by atoms with Crippen molar-refractivity contribution >= 4 is 12.0 Å². The molecule has 1 aromatic heterocycles.